The van der Waals surface area contributed by atoms with E-state index in [1.54, 1.807) is 0 Å². The Balaban J connectivity index is 2.01. The van der Waals surface area contributed by atoms with Crippen molar-refractivity contribution in [3.05, 3.63) is 53.1 Å². The molecule has 0 radical (unpaired) electrons. The lowest BCUT2D eigenvalue weighted by Crippen LogP contribution is -2.34. The van der Waals surface area contributed by atoms with E-state index in [2.05, 4.69) is 10.6 Å². The average Bonchev–Trinajstić information content (AvgIpc) is 2.48. The van der Waals surface area contributed by atoms with Crippen molar-refractivity contribution in [2.24, 2.45) is 0 Å². The van der Waals surface area contributed by atoms with Crippen LogP contribution in [0.1, 0.15) is 5.56 Å². The first-order valence-corrected chi connectivity index (χ1v) is 7.16. The fourth-order valence-electron chi connectivity index (χ4n) is 2.50. The fourth-order valence-corrected chi connectivity index (χ4v) is 2.74. The van der Waals surface area contributed by atoms with E-state index < -0.39 is 0 Å². The Hall–Kier alpha value is -2.04. The highest BCUT2D eigenvalue weighted by Gasteiger charge is 2.23. The molecule has 0 saturated heterocycles. The third-order valence-electron chi connectivity index (χ3n) is 3.49. The number of carbonyl (C=O) groups is 1. The first-order chi connectivity index (χ1) is 10.2. The smallest absolute Gasteiger partial charge is 0.244 e. The maximum absolute atomic E-state index is 11.9. The van der Waals surface area contributed by atoms with E-state index in [0.717, 1.165) is 29.2 Å². The lowest BCUT2D eigenvalue weighted by Gasteiger charge is -2.31. The number of fused-ring (bicyclic) bond motifs is 1. The lowest BCUT2D eigenvalue weighted by atomic mass is 10.1. The topological polar surface area (TPSA) is 44.4 Å². The molecule has 0 unspecified atom stereocenters. The van der Waals surface area contributed by atoms with E-state index in [-0.39, 0.29) is 5.91 Å². The predicted molar refractivity (Wildman–Crippen MR) is 86.3 cm³/mol. The van der Waals surface area contributed by atoms with E-state index in [0.29, 0.717) is 11.6 Å². The quantitative estimate of drug-likeness (QED) is 0.915. The summed E-state index contributed by atoms with van der Waals surface area (Å²) in [6.07, 6.45) is 0. The van der Waals surface area contributed by atoms with E-state index in [1.807, 2.05) is 54.4 Å². The summed E-state index contributed by atoms with van der Waals surface area (Å²) in [4.78, 5) is 13.8. The van der Waals surface area contributed by atoms with Gasteiger partial charge in [0.05, 0.1) is 11.4 Å². The van der Waals surface area contributed by atoms with Gasteiger partial charge < -0.3 is 15.5 Å². The molecule has 2 N–H and O–H groups in total. The normalized spacial score (nSPS) is 13.8. The number of benzene rings is 2. The second-order valence-corrected chi connectivity index (χ2v) is 5.36. The summed E-state index contributed by atoms with van der Waals surface area (Å²) in [5.74, 6) is -0.0240. The van der Waals surface area contributed by atoms with Gasteiger partial charge in [0, 0.05) is 17.3 Å². The highest BCUT2D eigenvalue weighted by atomic mass is 35.5. The average molecular weight is 302 g/mol. The Morgan fingerprint density at radius 3 is 2.86 bits per heavy atom. The largest absolute Gasteiger partial charge is 0.330 e. The summed E-state index contributed by atoms with van der Waals surface area (Å²) in [6, 6.07) is 13.6. The lowest BCUT2D eigenvalue weighted by molar-refractivity contribution is -0.115. The molecule has 2 aromatic rings. The van der Waals surface area contributed by atoms with Crippen molar-refractivity contribution in [2.75, 3.05) is 23.8 Å². The maximum Gasteiger partial charge on any atom is 0.244 e. The molecule has 0 aromatic heterocycles. The Bertz CT molecular complexity index is 687. The predicted octanol–water partition coefficient (Wildman–Crippen LogP) is 3.15. The molecule has 1 heterocycles. The third kappa shape index (κ3) is 2.73. The summed E-state index contributed by atoms with van der Waals surface area (Å²) in [5.41, 5.74) is 3.76. The van der Waals surface area contributed by atoms with Gasteiger partial charge in [-0.3, -0.25) is 4.79 Å². The van der Waals surface area contributed by atoms with Gasteiger partial charge in [-0.25, -0.2) is 0 Å². The minimum Gasteiger partial charge on any atom is -0.330 e. The zero-order valence-corrected chi connectivity index (χ0v) is 12.4. The number of halogens is 1. The summed E-state index contributed by atoms with van der Waals surface area (Å²) in [6.45, 7) is 1.01. The zero-order chi connectivity index (χ0) is 14.8. The van der Waals surface area contributed by atoms with Gasteiger partial charge in [0.1, 0.15) is 6.54 Å². The minimum atomic E-state index is -0.0240. The molecule has 1 aliphatic heterocycles. The SMILES string of the molecule is CNCc1ccc(N2CC(=O)Nc3ccccc32)cc1Cl. The van der Waals surface area contributed by atoms with Crippen molar-refractivity contribution in [3.63, 3.8) is 0 Å². The second-order valence-electron chi connectivity index (χ2n) is 4.96. The van der Waals surface area contributed by atoms with Crippen LogP contribution in [0.3, 0.4) is 0 Å². The standard InChI is InChI=1S/C16H16ClN3O/c1-18-9-11-6-7-12(8-13(11)17)20-10-16(21)19-14-4-2-3-5-15(14)20/h2-8,18H,9-10H2,1H3,(H,19,21). The van der Waals surface area contributed by atoms with Gasteiger partial charge in [-0.15, -0.1) is 0 Å². The molecule has 108 valence electrons. The monoisotopic (exact) mass is 301 g/mol. The van der Waals surface area contributed by atoms with Gasteiger partial charge in [-0.2, -0.15) is 0 Å². The fraction of sp³-hybridized carbons (Fsp3) is 0.188. The molecule has 3 rings (SSSR count). The number of nitrogens with zero attached hydrogens (tertiary/aromatic N) is 1. The number of carbonyl (C=O) groups excluding carboxylic acids is 1. The van der Waals surface area contributed by atoms with Crippen LogP contribution in [0.25, 0.3) is 0 Å². The molecule has 4 nitrogen and oxygen atoms in total. The van der Waals surface area contributed by atoms with Gasteiger partial charge in [-0.05, 0) is 36.9 Å². The molecule has 1 aliphatic rings. The van der Waals surface area contributed by atoms with Crippen LogP contribution in [-0.4, -0.2) is 19.5 Å². The van der Waals surface area contributed by atoms with E-state index in [1.165, 1.54) is 0 Å². The highest BCUT2D eigenvalue weighted by Crippen LogP contribution is 2.36. The van der Waals surface area contributed by atoms with Gasteiger partial charge in [-0.1, -0.05) is 29.8 Å². The molecule has 5 heteroatoms. The van der Waals surface area contributed by atoms with Crippen LogP contribution in [0.5, 0.6) is 0 Å². The van der Waals surface area contributed by atoms with Crippen LogP contribution >= 0.6 is 11.6 Å². The molecule has 2 aromatic carbocycles. The Morgan fingerprint density at radius 2 is 2.10 bits per heavy atom. The molecule has 1 amide bonds. The molecule has 0 aliphatic carbocycles. The molecular weight excluding hydrogens is 286 g/mol. The van der Waals surface area contributed by atoms with Crippen LogP contribution in [0.4, 0.5) is 17.1 Å². The number of rotatable bonds is 3. The van der Waals surface area contributed by atoms with Crippen LogP contribution in [0.2, 0.25) is 5.02 Å². The van der Waals surface area contributed by atoms with Gasteiger partial charge in [0.2, 0.25) is 5.91 Å². The van der Waals surface area contributed by atoms with Crippen LogP contribution in [0, 0.1) is 0 Å². The first kappa shape index (κ1) is 13.9. The Kier molecular flexibility index (Phi) is 3.82. The molecule has 0 spiro atoms. The van der Waals surface area contributed by atoms with Gasteiger partial charge in [0.25, 0.3) is 0 Å². The number of hydrogen-bond acceptors (Lipinski definition) is 3. The molecule has 0 bridgehead atoms. The summed E-state index contributed by atoms with van der Waals surface area (Å²) < 4.78 is 0. The first-order valence-electron chi connectivity index (χ1n) is 6.78. The number of anilines is 3. The van der Waals surface area contributed by atoms with Gasteiger partial charge >= 0.3 is 0 Å². The van der Waals surface area contributed by atoms with E-state index in [9.17, 15) is 4.79 Å². The summed E-state index contributed by atoms with van der Waals surface area (Å²) >= 11 is 6.32. The number of nitrogens with one attached hydrogen (secondary N) is 2. The van der Waals surface area contributed by atoms with Crippen molar-refractivity contribution >= 4 is 34.6 Å². The van der Waals surface area contributed by atoms with Crippen LogP contribution in [-0.2, 0) is 11.3 Å². The molecular formula is C16H16ClN3O. The van der Waals surface area contributed by atoms with Crippen molar-refractivity contribution in [2.45, 2.75) is 6.54 Å². The number of hydrogen-bond donors (Lipinski definition) is 2. The molecule has 21 heavy (non-hydrogen) atoms. The van der Waals surface area contributed by atoms with Crippen LogP contribution in [0.15, 0.2) is 42.5 Å². The second kappa shape index (κ2) is 5.76. The van der Waals surface area contributed by atoms with Gasteiger partial charge in [0.15, 0.2) is 0 Å². The third-order valence-corrected chi connectivity index (χ3v) is 3.84. The summed E-state index contributed by atoms with van der Waals surface area (Å²) in [7, 11) is 1.88. The van der Waals surface area contributed by atoms with E-state index in [4.69, 9.17) is 11.6 Å². The maximum atomic E-state index is 11.9. The molecule has 0 saturated carbocycles. The number of para-hydroxylation sites is 2. The van der Waals surface area contributed by atoms with Crippen molar-refractivity contribution in [1.82, 2.24) is 5.32 Å². The van der Waals surface area contributed by atoms with E-state index >= 15 is 0 Å². The number of amides is 1. The summed E-state index contributed by atoms with van der Waals surface area (Å²) in [5, 5.41) is 6.67. The zero-order valence-electron chi connectivity index (χ0n) is 11.7. The van der Waals surface area contributed by atoms with Crippen molar-refractivity contribution in [1.29, 1.82) is 0 Å². The van der Waals surface area contributed by atoms with Crippen molar-refractivity contribution < 1.29 is 4.79 Å². The van der Waals surface area contributed by atoms with Crippen molar-refractivity contribution in [3.8, 4) is 0 Å². The molecule has 0 atom stereocenters. The Morgan fingerprint density at radius 1 is 1.29 bits per heavy atom. The Labute approximate surface area is 128 Å². The molecule has 0 fully saturated rings. The minimum absolute atomic E-state index is 0.0240. The van der Waals surface area contributed by atoms with Crippen LogP contribution < -0.4 is 15.5 Å². The highest BCUT2D eigenvalue weighted by molar-refractivity contribution is 6.31.